The number of non-ortho nitro benzene ring substituents is 1. The van der Waals surface area contributed by atoms with Crippen molar-refractivity contribution in [2.24, 2.45) is 0 Å². The standard InChI is InChI=1S/C14H9N3O5S2/c1-21-13(18)9-7-8(17(19)20)4-5-10(9)24-14-16-15-12(22-14)11-3-2-6-23-11/h2-7H,1H3. The van der Waals surface area contributed by atoms with Crippen LogP contribution in [0.25, 0.3) is 10.8 Å². The van der Waals surface area contributed by atoms with Gasteiger partial charge in [-0.25, -0.2) is 4.79 Å². The lowest BCUT2D eigenvalue weighted by molar-refractivity contribution is -0.384. The number of rotatable bonds is 5. The van der Waals surface area contributed by atoms with Crippen molar-refractivity contribution in [3.05, 3.63) is 51.4 Å². The van der Waals surface area contributed by atoms with Gasteiger partial charge < -0.3 is 9.15 Å². The van der Waals surface area contributed by atoms with E-state index >= 15 is 0 Å². The maximum Gasteiger partial charge on any atom is 0.339 e. The van der Waals surface area contributed by atoms with Crippen molar-refractivity contribution < 1.29 is 18.9 Å². The number of hydrogen-bond acceptors (Lipinski definition) is 9. The number of benzene rings is 1. The fraction of sp³-hybridized carbons (Fsp3) is 0.0714. The maximum atomic E-state index is 11.9. The van der Waals surface area contributed by atoms with E-state index in [0.29, 0.717) is 10.8 Å². The third-order valence-electron chi connectivity index (χ3n) is 2.91. The van der Waals surface area contributed by atoms with Gasteiger partial charge >= 0.3 is 5.97 Å². The number of carbonyl (C=O) groups excluding carboxylic acids is 1. The molecule has 0 spiro atoms. The zero-order chi connectivity index (χ0) is 17.1. The van der Waals surface area contributed by atoms with E-state index in [0.717, 1.165) is 22.7 Å². The van der Waals surface area contributed by atoms with E-state index in [2.05, 4.69) is 14.9 Å². The van der Waals surface area contributed by atoms with Crippen LogP contribution in [0, 0.1) is 10.1 Å². The molecular formula is C14H9N3O5S2. The number of nitro groups is 1. The average Bonchev–Trinajstić information content (AvgIpc) is 3.25. The molecule has 3 rings (SSSR count). The van der Waals surface area contributed by atoms with Crippen molar-refractivity contribution >= 4 is 34.8 Å². The van der Waals surface area contributed by atoms with E-state index in [1.807, 2.05) is 17.5 Å². The second kappa shape index (κ2) is 6.81. The van der Waals surface area contributed by atoms with Crippen LogP contribution in [-0.2, 0) is 4.74 Å². The summed E-state index contributed by atoms with van der Waals surface area (Å²) in [6.07, 6.45) is 0. The molecule has 0 bridgehead atoms. The molecule has 2 heterocycles. The number of nitro benzene ring substituents is 1. The Bertz CT molecular complexity index is 892. The van der Waals surface area contributed by atoms with Crippen LogP contribution >= 0.6 is 23.1 Å². The number of esters is 1. The van der Waals surface area contributed by atoms with Crippen molar-refractivity contribution in [2.45, 2.75) is 10.1 Å². The third kappa shape index (κ3) is 3.29. The molecule has 1 aromatic carbocycles. The van der Waals surface area contributed by atoms with Crippen molar-refractivity contribution in [1.82, 2.24) is 10.2 Å². The van der Waals surface area contributed by atoms with Gasteiger partial charge in [-0.05, 0) is 29.3 Å². The molecule has 10 heteroatoms. The number of thiophene rings is 1. The van der Waals surface area contributed by atoms with Gasteiger partial charge in [0.15, 0.2) is 0 Å². The number of nitrogens with zero attached hydrogens (tertiary/aromatic N) is 3. The summed E-state index contributed by atoms with van der Waals surface area (Å²) >= 11 is 2.50. The van der Waals surface area contributed by atoms with E-state index in [-0.39, 0.29) is 16.5 Å². The minimum Gasteiger partial charge on any atom is -0.465 e. The fourth-order valence-electron chi connectivity index (χ4n) is 1.83. The molecule has 3 aromatic rings. The normalized spacial score (nSPS) is 10.5. The number of carbonyl (C=O) groups is 1. The van der Waals surface area contributed by atoms with Gasteiger partial charge in [-0.2, -0.15) is 0 Å². The Labute approximate surface area is 143 Å². The van der Waals surface area contributed by atoms with Crippen molar-refractivity contribution in [3.63, 3.8) is 0 Å². The molecule has 0 aliphatic heterocycles. The summed E-state index contributed by atoms with van der Waals surface area (Å²) in [5.41, 5.74) is -0.142. The Morgan fingerprint density at radius 2 is 2.21 bits per heavy atom. The zero-order valence-corrected chi connectivity index (χ0v) is 13.8. The van der Waals surface area contributed by atoms with E-state index in [9.17, 15) is 14.9 Å². The summed E-state index contributed by atoms with van der Waals surface area (Å²) in [6, 6.07) is 7.61. The second-order valence-corrected chi connectivity index (χ2v) is 6.32. The van der Waals surface area contributed by atoms with Crippen molar-refractivity contribution in [2.75, 3.05) is 7.11 Å². The van der Waals surface area contributed by atoms with Crippen molar-refractivity contribution in [1.29, 1.82) is 0 Å². The molecule has 0 atom stereocenters. The van der Waals surface area contributed by atoms with Crippen molar-refractivity contribution in [3.8, 4) is 10.8 Å². The fourth-order valence-corrected chi connectivity index (χ4v) is 3.26. The van der Waals surface area contributed by atoms with Gasteiger partial charge in [0.1, 0.15) is 0 Å². The molecule has 0 saturated heterocycles. The molecule has 24 heavy (non-hydrogen) atoms. The summed E-state index contributed by atoms with van der Waals surface area (Å²) in [5.74, 6) is -0.312. The smallest absolute Gasteiger partial charge is 0.339 e. The summed E-state index contributed by atoms with van der Waals surface area (Å²) in [4.78, 5) is 23.4. The minimum atomic E-state index is -0.681. The first-order valence-corrected chi connectivity index (χ1v) is 8.20. The largest absolute Gasteiger partial charge is 0.465 e. The topological polar surface area (TPSA) is 108 Å². The molecule has 0 amide bonds. The Hall–Kier alpha value is -2.72. The molecule has 0 N–H and O–H groups in total. The first-order valence-electron chi connectivity index (χ1n) is 6.50. The zero-order valence-electron chi connectivity index (χ0n) is 12.2. The number of ether oxygens (including phenoxy) is 1. The lowest BCUT2D eigenvalue weighted by atomic mass is 10.2. The molecule has 0 saturated carbocycles. The number of methoxy groups -OCH3 is 1. The maximum absolute atomic E-state index is 11.9. The van der Waals surface area contributed by atoms with Gasteiger partial charge in [0.05, 0.1) is 22.5 Å². The molecule has 122 valence electrons. The molecule has 0 radical (unpaired) electrons. The monoisotopic (exact) mass is 363 g/mol. The molecule has 2 aromatic heterocycles. The third-order valence-corrected chi connectivity index (χ3v) is 4.69. The predicted molar refractivity (Wildman–Crippen MR) is 86.2 cm³/mol. The highest BCUT2D eigenvalue weighted by Crippen LogP contribution is 2.34. The summed E-state index contributed by atoms with van der Waals surface area (Å²) in [6.45, 7) is 0. The lowest BCUT2D eigenvalue weighted by Gasteiger charge is -2.05. The van der Waals surface area contributed by atoms with Crippen LogP contribution in [0.15, 0.2) is 50.2 Å². The Morgan fingerprint density at radius 1 is 1.38 bits per heavy atom. The highest BCUT2D eigenvalue weighted by atomic mass is 32.2. The molecule has 0 aliphatic carbocycles. The minimum absolute atomic E-state index is 0.0626. The summed E-state index contributed by atoms with van der Waals surface area (Å²) in [7, 11) is 1.21. The van der Waals surface area contributed by atoms with Crippen LogP contribution < -0.4 is 0 Å². The van der Waals surface area contributed by atoms with Crippen LogP contribution in [0.5, 0.6) is 0 Å². The van der Waals surface area contributed by atoms with Crippen LogP contribution in [0.3, 0.4) is 0 Å². The predicted octanol–water partition coefficient (Wildman–Crippen LogP) is 3.64. The Morgan fingerprint density at radius 3 is 2.88 bits per heavy atom. The molecular weight excluding hydrogens is 354 g/mol. The second-order valence-electron chi connectivity index (χ2n) is 4.38. The van der Waals surface area contributed by atoms with Crippen LogP contribution in [0.2, 0.25) is 0 Å². The average molecular weight is 363 g/mol. The Kier molecular flexibility index (Phi) is 4.58. The first-order chi connectivity index (χ1) is 11.6. The first kappa shape index (κ1) is 16.1. The van der Waals surface area contributed by atoms with Gasteiger partial charge in [-0.1, -0.05) is 6.07 Å². The van der Waals surface area contributed by atoms with Gasteiger partial charge in [0.25, 0.3) is 16.8 Å². The SMILES string of the molecule is COC(=O)c1cc([N+](=O)[O-])ccc1Sc1nnc(-c2cccs2)o1. The van der Waals surface area contributed by atoms with Crippen LogP contribution in [-0.4, -0.2) is 28.2 Å². The molecule has 0 unspecified atom stereocenters. The van der Waals surface area contributed by atoms with E-state index in [1.54, 1.807) is 0 Å². The summed E-state index contributed by atoms with van der Waals surface area (Å²) < 4.78 is 10.2. The van der Waals surface area contributed by atoms with E-state index < -0.39 is 10.9 Å². The van der Waals surface area contributed by atoms with Crippen LogP contribution in [0.4, 0.5) is 5.69 Å². The number of hydrogen-bond donors (Lipinski definition) is 0. The molecule has 0 aliphatic rings. The highest BCUT2D eigenvalue weighted by molar-refractivity contribution is 7.99. The van der Waals surface area contributed by atoms with E-state index in [1.165, 1.54) is 30.6 Å². The van der Waals surface area contributed by atoms with Crippen LogP contribution in [0.1, 0.15) is 10.4 Å². The Balaban J connectivity index is 1.92. The van der Waals surface area contributed by atoms with Gasteiger partial charge in [0.2, 0.25) is 0 Å². The molecule has 0 fully saturated rings. The number of aromatic nitrogens is 2. The lowest BCUT2D eigenvalue weighted by Crippen LogP contribution is -2.04. The molecule has 8 nitrogen and oxygen atoms in total. The highest BCUT2D eigenvalue weighted by Gasteiger charge is 2.20. The van der Waals surface area contributed by atoms with Gasteiger partial charge in [0, 0.05) is 17.0 Å². The van der Waals surface area contributed by atoms with Gasteiger partial charge in [-0.15, -0.1) is 21.5 Å². The van der Waals surface area contributed by atoms with E-state index in [4.69, 9.17) is 4.42 Å². The van der Waals surface area contributed by atoms with Gasteiger partial charge in [-0.3, -0.25) is 10.1 Å². The quantitative estimate of drug-likeness (QED) is 0.384. The summed E-state index contributed by atoms with van der Waals surface area (Å²) in [5, 5.41) is 20.8.